The van der Waals surface area contributed by atoms with Gasteiger partial charge in [0.15, 0.2) is 6.04 Å². The van der Waals surface area contributed by atoms with Gasteiger partial charge in [0.1, 0.15) is 12.6 Å². The number of ether oxygens (including phenoxy) is 1. The minimum absolute atomic E-state index is 0.0422. The average molecular weight is 438 g/mol. The molecule has 0 spiro atoms. The fourth-order valence-corrected chi connectivity index (χ4v) is 2.76. The summed E-state index contributed by atoms with van der Waals surface area (Å²) in [4.78, 5) is 52.3. The number of carboxylic acid groups (broad SMARTS) is 1. The third kappa shape index (κ3) is 6.89. The first-order chi connectivity index (χ1) is 15.3. The molecule has 2 amide bonds. The molecule has 0 heterocycles. The van der Waals surface area contributed by atoms with Crippen molar-refractivity contribution in [1.29, 1.82) is 0 Å². The molecule has 0 saturated carbocycles. The van der Waals surface area contributed by atoms with Gasteiger partial charge in [-0.3, -0.25) is 4.79 Å². The van der Waals surface area contributed by atoms with E-state index >= 15 is 0 Å². The van der Waals surface area contributed by atoms with Crippen molar-refractivity contribution in [3.63, 3.8) is 0 Å². The Kier molecular flexibility index (Phi) is 8.82. The van der Waals surface area contributed by atoms with Gasteiger partial charge in [-0.15, -0.1) is 0 Å². The van der Waals surface area contributed by atoms with Gasteiger partial charge in [0.2, 0.25) is 0 Å². The molecule has 166 valence electrons. The lowest BCUT2D eigenvalue weighted by Gasteiger charge is -2.21. The number of carbonyl (C=O) groups excluding carboxylic acids is 3. The van der Waals surface area contributed by atoms with Crippen LogP contribution < -0.4 is 5.32 Å². The maximum atomic E-state index is 13.0. The molecule has 2 atom stereocenters. The highest BCUT2D eigenvalue weighted by molar-refractivity contribution is 6.33. The third-order valence-corrected chi connectivity index (χ3v) is 4.49. The lowest BCUT2D eigenvalue weighted by atomic mass is 10.0. The van der Waals surface area contributed by atoms with E-state index in [0.717, 1.165) is 0 Å². The molecule has 2 aromatic carbocycles. The molecule has 0 unspecified atom stereocenters. The number of carboxylic acids is 1. The Bertz CT molecular complexity index is 1010. The first-order valence-electron chi connectivity index (χ1n) is 9.61. The normalized spacial score (nSPS) is 11.9. The van der Waals surface area contributed by atoms with Gasteiger partial charge >= 0.3 is 30.1 Å². The fraction of sp³-hybridized carbons (Fsp3) is 0.227. The van der Waals surface area contributed by atoms with Crippen LogP contribution in [0.2, 0.25) is 0 Å². The van der Waals surface area contributed by atoms with Crippen molar-refractivity contribution >= 4 is 30.1 Å². The smallest absolute Gasteiger partial charge is 0.397 e. The maximum absolute atomic E-state index is 13.0. The van der Waals surface area contributed by atoms with Crippen LogP contribution in [-0.2, 0) is 36.9 Å². The monoisotopic (exact) mass is 438 g/mol. The molecule has 2 N–H and O–H groups in total. The van der Waals surface area contributed by atoms with Crippen LogP contribution in [0.3, 0.4) is 0 Å². The second kappa shape index (κ2) is 11.8. The minimum Gasteiger partial charge on any atom is -0.498 e. The minimum atomic E-state index is -1.39. The molecule has 0 aliphatic rings. The SMILES string of the molecule is C[C@@H](C(=O)O)N(C=[N+]=[N-])C(=O)[C@H](Cc1ccccc1)NC(=O)C(=O)OCc1ccccc1. The van der Waals surface area contributed by atoms with Crippen LogP contribution in [0, 0.1) is 0 Å². The summed E-state index contributed by atoms with van der Waals surface area (Å²) < 4.78 is 4.98. The lowest BCUT2D eigenvalue weighted by molar-refractivity contribution is -0.157. The first-order valence-corrected chi connectivity index (χ1v) is 9.61. The van der Waals surface area contributed by atoms with E-state index in [4.69, 9.17) is 10.3 Å². The summed E-state index contributed by atoms with van der Waals surface area (Å²) in [6.45, 7) is 1.07. The van der Waals surface area contributed by atoms with Crippen LogP contribution in [0.15, 0.2) is 60.7 Å². The van der Waals surface area contributed by atoms with Crippen LogP contribution in [0.4, 0.5) is 0 Å². The average Bonchev–Trinajstić information content (AvgIpc) is 2.80. The summed E-state index contributed by atoms with van der Waals surface area (Å²) in [7, 11) is 0. The Hall–Kier alpha value is -4.30. The number of nitrogens with zero attached hydrogens (tertiary/aromatic N) is 3. The van der Waals surface area contributed by atoms with E-state index < -0.39 is 35.8 Å². The van der Waals surface area contributed by atoms with Gasteiger partial charge in [-0.1, -0.05) is 60.7 Å². The molecule has 10 nitrogen and oxygen atoms in total. The summed E-state index contributed by atoms with van der Waals surface area (Å²) in [5.74, 6) is -4.61. The summed E-state index contributed by atoms with van der Waals surface area (Å²) in [5, 5.41) is 11.5. The number of nitrogens with one attached hydrogen (secondary N) is 1. The quantitative estimate of drug-likeness (QED) is 0.149. The van der Waals surface area contributed by atoms with Gasteiger partial charge in [0.05, 0.1) is 0 Å². The van der Waals surface area contributed by atoms with Gasteiger partial charge < -0.3 is 25.5 Å². The van der Waals surface area contributed by atoms with Crippen molar-refractivity contribution in [3.8, 4) is 0 Å². The number of amides is 2. The number of hydrogen-bond acceptors (Lipinski definition) is 5. The second-order valence-corrected chi connectivity index (χ2v) is 6.77. The molecule has 0 radical (unpaired) electrons. The van der Waals surface area contributed by atoms with Crippen LogP contribution in [-0.4, -0.2) is 57.0 Å². The number of esters is 1. The Morgan fingerprint density at radius 3 is 2.16 bits per heavy atom. The van der Waals surface area contributed by atoms with Gasteiger partial charge in [0.25, 0.3) is 0 Å². The zero-order valence-corrected chi connectivity index (χ0v) is 17.2. The second-order valence-electron chi connectivity index (χ2n) is 6.77. The van der Waals surface area contributed by atoms with E-state index in [1.165, 1.54) is 6.92 Å². The fourth-order valence-electron chi connectivity index (χ4n) is 2.76. The van der Waals surface area contributed by atoms with Crippen LogP contribution in [0.1, 0.15) is 18.1 Å². The molecule has 32 heavy (non-hydrogen) atoms. The van der Waals surface area contributed by atoms with Gasteiger partial charge in [-0.05, 0) is 18.1 Å². The molecule has 2 aromatic rings. The van der Waals surface area contributed by atoms with E-state index in [-0.39, 0.29) is 13.0 Å². The van der Waals surface area contributed by atoms with Gasteiger partial charge in [-0.2, -0.15) is 4.90 Å². The molecular formula is C22H22N4O6. The van der Waals surface area contributed by atoms with E-state index in [1.807, 2.05) is 0 Å². The van der Waals surface area contributed by atoms with Crippen LogP contribution >= 0.6 is 0 Å². The molecule has 0 saturated heterocycles. The molecule has 0 aromatic heterocycles. The third-order valence-electron chi connectivity index (χ3n) is 4.49. The zero-order valence-electron chi connectivity index (χ0n) is 17.2. The largest absolute Gasteiger partial charge is 0.498 e. The van der Waals surface area contributed by atoms with E-state index in [9.17, 15) is 24.3 Å². The van der Waals surface area contributed by atoms with Crippen molar-refractivity contribution in [2.45, 2.75) is 32.0 Å². The molecule has 10 heteroatoms. The highest BCUT2D eigenvalue weighted by atomic mass is 16.5. The van der Waals surface area contributed by atoms with E-state index in [0.29, 0.717) is 22.4 Å². The van der Waals surface area contributed by atoms with Crippen molar-refractivity contribution in [3.05, 3.63) is 77.3 Å². The summed E-state index contributed by atoms with van der Waals surface area (Å²) in [6.07, 6.45) is 0.596. The topological polar surface area (TPSA) is 149 Å². The Labute approximate surface area is 184 Å². The van der Waals surface area contributed by atoms with Crippen molar-refractivity contribution in [2.75, 3.05) is 0 Å². The number of rotatable bonds is 9. The number of aliphatic carboxylic acids is 1. The highest BCUT2D eigenvalue weighted by Gasteiger charge is 2.38. The highest BCUT2D eigenvalue weighted by Crippen LogP contribution is 2.09. The predicted octanol–water partition coefficient (Wildman–Crippen LogP) is 1.02. The predicted molar refractivity (Wildman–Crippen MR) is 112 cm³/mol. The van der Waals surface area contributed by atoms with Gasteiger partial charge in [0, 0.05) is 6.42 Å². The van der Waals surface area contributed by atoms with Crippen molar-refractivity contribution in [1.82, 2.24) is 10.2 Å². The van der Waals surface area contributed by atoms with E-state index in [2.05, 4.69) is 10.1 Å². The maximum Gasteiger partial charge on any atom is 0.397 e. The van der Waals surface area contributed by atoms with Crippen LogP contribution in [0.25, 0.3) is 5.53 Å². The Morgan fingerprint density at radius 2 is 1.62 bits per heavy atom. The molecule has 0 fully saturated rings. The number of benzene rings is 2. The molecule has 0 bridgehead atoms. The molecule has 2 rings (SSSR count). The molecular weight excluding hydrogens is 416 g/mol. The molecule has 0 aliphatic carbocycles. The summed E-state index contributed by atoms with van der Waals surface area (Å²) >= 11 is 0. The first kappa shape index (κ1) is 24.0. The van der Waals surface area contributed by atoms with Gasteiger partial charge in [-0.25, -0.2) is 14.4 Å². The zero-order chi connectivity index (χ0) is 23.5. The van der Waals surface area contributed by atoms with Crippen molar-refractivity contribution < 1.29 is 33.8 Å². The van der Waals surface area contributed by atoms with Crippen LogP contribution in [0.5, 0.6) is 0 Å². The lowest BCUT2D eigenvalue weighted by Crippen LogP contribution is -2.54. The summed E-state index contributed by atoms with van der Waals surface area (Å²) in [5.41, 5.74) is 10.2. The van der Waals surface area contributed by atoms with E-state index in [1.54, 1.807) is 60.7 Å². The van der Waals surface area contributed by atoms with Crippen molar-refractivity contribution in [2.24, 2.45) is 0 Å². The number of hydrogen-bond donors (Lipinski definition) is 2. The summed E-state index contributed by atoms with van der Waals surface area (Å²) in [6, 6.07) is 14.6. The molecule has 0 aliphatic heterocycles. The number of carbonyl (C=O) groups is 4. The Morgan fingerprint density at radius 1 is 1.06 bits per heavy atom. The standard InChI is InChI=1S/C22H22N4O6/c1-15(21(29)30)26(14-24-23)20(28)18(12-16-8-4-2-5-9-16)25-19(27)22(31)32-13-17-10-6-3-7-11-17/h2-11,14-15,18H,12-13H2,1H3,(H,25,27)(H,29,30)/t15-,18-/m0/s1. The Balaban J connectivity index is 2.19.